The smallest absolute Gasteiger partial charge is 0.418 e. The number of thiophene rings is 1. The van der Waals surface area contributed by atoms with Crippen molar-refractivity contribution in [1.29, 1.82) is 0 Å². The molecule has 0 aliphatic carbocycles. The molecule has 3 aromatic rings. The maximum atomic E-state index is 13.0. The van der Waals surface area contributed by atoms with E-state index in [0.29, 0.717) is 10.2 Å². The minimum Gasteiger partial charge on any atom is -0.456 e. The molecular weight excluding hydrogens is 447 g/mol. The molecule has 2 aromatic heterocycles. The van der Waals surface area contributed by atoms with Crippen molar-refractivity contribution in [1.82, 2.24) is 9.55 Å². The van der Waals surface area contributed by atoms with Gasteiger partial charge in [-0.3, -0.25) is 19.0 Å². The summed E-state index contributed by atoms with van der Waals surface area (Å²) in [5.74, 6) is -1.79. The van der Waals surface area contributed by atoms with E-state index < -0.39 is 35.9 Å². The van der Waals surface area contributed by atoms with E-state index in [1.54, 1.807) is 11.4 Å². The van der Waals surface area contributed by atoms with Crippen LogP contribution in [0.15, 0.2) is 40.8 Å². The van der Waals surface area contributed by atoms with Crippen LogP contribution in [0.2, 0.25) is 5.02 Å². The molecule has 7 nitrogen and oxygen atoms in total. The van der Waals surface area contributed by atoms with Gasteiger partial charge in [-0.1, -0.05) is 17.7 Å². The van der Waals surface area contributed by atoms with Crippen LogP contribution in [0.1, 0.15) is 12.0 Å². The molecule has 12 heteroatoms. The Bertz CT molecular complexity index is 1160. The molecule has 2 heterocycles. The number of amides is 1. The Balaban J connectivity index is 1.56. The number of hydrogen-bond donors (Lipinski definition) is 1. The maximum Gasteiger partial charge on any atom is 0.418 e. The monoisotopic (exact) mass is 459 g/mol. The van der Waals surface area contributed by atoms with Crippen molar-refractivity contribution < 1.29 is 27.5 Å². The summed E-state index contributed by atoms with van der Waals surface area (Å²) in [6.45, 7) is -0.834. The number of anilines is 1. The van der Waals surface area contributed by atoms with Gasteiger partial charge in [-0.05, 0) is 23.6 Å². The summed E-state index contributed by atoms with van der Waals surface area (Å²) in [6.07, 6.45) is -3.66. The van der Waals surface area contributed by atoms with Crippen LogP contribution in [0.3, 0.4) is 0 Å². The molecule has 0 saturated carbocycles. The number of ether oxygens (including phenoxy) is 1. The van der Waals surface area contributed by atoms with Crippen LogP contribution in [0.4, 0.5) is 18.9 Å². The Hall–Kier alpha value is -2.92. The molecule has 0 fully saturated rings. The third-order valence-electron chi connectivity index (χ3n) is 3.95. The fraction of sp³-hybridized carbons (Fsp3) is 0.222. The summed E-state index contributed by atoms with van der Waals surface area (Å²) in [5.41, 5.74) is -2.05. The zero-order valence-corrected chi connectivity index (χ0v) is 16.6. The van der Waals surface area contributed by atoms with Crippen molar-refractivity contribution in [3.63, 3.8) is 0 Å². The molecule has 0 bridgehead atoms. The van der Waals surface area contributed by atoms with Crippen LogP contribution < -0.4 is 10.9 Å². The number of aromatic nitrogens is 2. The number of para-hydroxylation sites is 1. The van der Waals surface area contributed by atoms with Gasteiger partial charge in [0.1, 0.15) is 4.83 Å². The Morgan fingerprint density at radius 1 is 1.27 bits per heavy atom. The summed E-state index contributed by atoms with van der Waals surface area (Å²) in [7, 11) is 0. The predicted molar refractivity (Wildman–Crippen MR) is 105 cm³/mol. The van der Waals surface area contributed by atoms with E-state index in [9.17, 15) is 27.6 Å². The molecule has 0 unspecified atom stereocenters. The normalized spacial score (nSPS) is 11.5. The Labute approximate surface area is 176 Å². The first-order valence-electron chi connectivity index (χ1n) is 8.40. The number of fused-ring (bicyclic) bond motifs is 1. The lowest BCUT2D eigenvalue weighted by atomic mass is 10.1. The molecule has 1 amide bonds. The average molecular weight is 460 g/mol. The first-order valence-corrected chi connectivity index (χ1v) is 9.66. The molecule has 0 aliphatic heterocycles. The lowest BCUT2D eigenvalue weighted by molar-refractivity contribution is -0.147. The number of nitrogens with one attached hydrogen (secondary N) is 1. The second-order valence-electron chi connectivity index (χ2n) is 6.00. The van der Waals surface area contributed by atoms with Crippen LogP contribution in [-0.4, -0.2) is 28.0 Å². The molecule has 0 atom stereocenters. The van der Waals surface area contributed by atoms with E-state index in [2.05, 4.69) is 4.98 Å². The highest BCUT2D eigenvalue weighted by Gasteiger charge is 2.34. The number of aryl methyl sites for hydroxylation is 1. The van der Waals surface area contributed by atoms with Gasteiger partial charge in [0.2, 0.25) is 0 Å². The van der Waals surface area contributed by atoms with Gasteiger partial charge in [0.05, 0.1) is 34.4 Å². The largest absolute Gasteiger partial charge is 0.456 e. The summed E-state index contributed by atoms with van der Waals surface area (Å²) in [6, 6.07) is 4.68. The molecular formula is C18H13ClF3N3O4S. The molecule has 158 valence electrons. The number of alkyl halides is 3. The lowest BCUT2D eigenvalue weighted by Gasteiger charge is -2.15. The standard InChI is InChI=1S/C18H13ClF3N3O4S/c19-12-3-1-2-11(18(20,21)22)15(12)24-13(26)8-29-14(27)4-6-25-9-23-16-10(17(25)28)5-7-30-16/h1-3,5,7,9H,4,6,8H2,(H,24,26). The highest BCUT2D eigenvalue weighted by molar-refractivity contribution is 7.16. The van der Waals surface area contributed by atoms with Crippen LogP contribution in [0.25, 0.3) is 10.2 Å². The zero-order chi connectivity index (χ0) is 21.9. The van der Waals surface area contributed by atoms with Gasteiger partial charge in [0.25, 0.3) is 11.5 Å². The van der Waals surface area contributed by atoms with Gasteiger partial charge in [-0.2, -0.15) is 13.2 Å². The van der Waals surface area contributed by atoms with Gasteiger partial charge >= 0.3 is 12.1 Å². The van der Waals surface area contributed by atoms with E-state index in [4.69, 9.17) is 16.3 Å². The fourth-order valence-electron chi connectivity index (χ4n) is 2.55. The second kappa shape index (κ2) is 8.84. The summed E-state index contributed by atoms with van der Waals surface area (Å²) < 4.78 is 45.1. The number of halogens is 4. The SMILES string of the molecule is O=C(COC(=O)CCn1cnc2sccc2c1=O)Nc1c(Cl)cccc1C(F)(F)F. The topological polar surface area (TPSA) is 90.3 Å². The summed E-state index contributed by atoms with van der Waals surface area (Å²) in [4.78, 5) is 40.7. The van der Waals surface area contributed by atoms with Crippen molar-refractivity contribution in [2.45, 2.75) is 19.1 Å². The van der Waals surface area contributed by atoms with E-state index in [1.807, 2.05) is 5.32 Å². The van der Waals surface area contributed by atoms with E-state index in [1.165, 1.54) is 28.3 Å². The minimum absolute atomic E-state index is 0.0270. The number of rotatable bonds is 6. The minimum atomic E-state index is -4.73. The van der Waals surface area contributed by atoms with Crippen molar-refractivity contribution in [2.75, 3.05) is 11.9 Å². The highest BCUT2D eigenvalue weighted by Crippen LogP contribution is 2.38. The third kappa shape index (κ3) is 4.97. The zero-order valence-electron chi connectivity index (χ0n) is 15.0. The Morgan fingerprint density at radius 2 is 2.03 bits per heavy atom. The van der Waals surface area contributed by atoms with Gasteiger partial charge in [-0.25, -0.2) is 4.98 Å². The molecule has 0 radical (unpaired) electrons. The average Bonchev–Trinajstić information content (AvgIpc) is 3.16. The number of nitrogens with zero attached hydrogens (tertiary/aromatic N) is 2. The number of hydrogen-bond acceptors (Lipinski definition) is 6. The lowest BCUT2D eigenvalue weighted by Crippen LogP contribution is -2.25. The van der Waals surface area contributed by atoms with Crippen molar-refractivity contribution in [3.8, 4) is 0 Å². The fourth-order valence-corrected chi connectivity index (χ4v) is 3.49. The predicted octanol–water partition coefficient (Wildman–Crippen LogP) is 3.70. The molecule has 1 N–H and O–H groups in total. The molecule has 0 spiro atoms. The summed E-state index contributed by atoms with van der Waals surface area (Å²) >= 11 is 7.06. The molecule has 0 aliphatic rings. The van der Waals surface area contributed by atoms with Crippen molar-refractivity contribution in [2.24, 2.45) is 0 Å². The van der Waals surface area contributed by atoms with Crippen LogP contribution in [-0.2, 0) is 27.0 Å². The van der Waals surface area contributed by atoms with Crippen LogP contribution in [0, 0.1) is 0 Å². The Kier molecular flexibility index (Phi) is 6.42. The van der Waals surface area contributed by atoms with E-state index in [0.717, 1.165) is 12.1 Å². The number of benzene rings is 1. The van der Waals surface area contributed by atoms with E-state index >= 15 is 0 Å². The third-order valence-corrected chi connectivity index (χ3v) is 5.09. The van der Waals surface area contributed by atoms with Gasteiger partial charge in [0, 0.05) is 6.54 Å². The van der Waals surface area contributed by atoms with Gasteiger partial charge in [0.15, 0.2) is 6.61 Å². The highest BCUT2D eigenvalue weighted by atomic mass is 35.5. The van der Waals surface area contributed by atoms with Gasteiger partial charge in [-0.15, -0.1) is 11.3 Å². The van der Waals surface area contributed by atoms with Crippen molar-refractivity contribution >= 4 is 50.7 Å². The van der Waals surface area contributed by atoms with Crippen LogP contribution in [0.5, 0.6) is 0 Å². The number of carbonyl (C=O) groups excluding carboxylic acids is 2. The van der Waals surface area contributed by atoms with Crippen molar-refractivity contribution in [3.05, 3.63) is 56.9 Å². The molecule has 3 rings (SSSR count). The summed E-state index contributed by atoms with van der Waals surface area (Å²) in [5, 5.41) is 3.85. The van der Waals surface area contributed by atoms with Gasteiger partial charge < -0.3 is 10.1 Å². The van der Waals surface area contributed by atoms with Crippen LogP contribution >= 0.6 is 22.9 Å². The first kappa shape index (κ1) is 21.8. The molecule has 0 saturated heterocycles. The molecule has 30 heavy (non-hydrogen) atoms. The number of esters is 1. The second-order valence-corrected chi connectivity index (χ2v) is 7.30. The maximum absolute atomic E-state index is 13.0. The number of carbonyl (C=O) groups is 2. The first-order chi connectivity index (χ1) is 14.2. The quantitative estimate of drug-likeness (QED) is 0.568. The Morgan fingerprint density at radius 3 is 2.77 bits per heavy atom. The van der Waals surface area contributed by atoms with E-state index in [-0.39, 0.29) is 23.5 Å². The molecule has 1 aromatic carbocycles.